The number of ether oxygens (including phenoxy) is 2. The molecule has 4 heterocycles. The second-order valence-electron chi connectivity index (χ2n) is 8.01. The summed E-state index contributed by atoms with van der Waals surface area (Å²) in [5, 5.41) is 5.82. The molecular weight excluding hydrogens is 487 g/mol. The summed E-state index contributed by atoms with van der Waals surface area (Å²) in [6, 6.07) is 6.61. The summed E-state index contributed by atoms with van der Waals surface area (Å²) >= 11 is 6.13. The number of amides is 1. The fourth-order valence-electron chi connectivity index (χ4n) is 3.65. The maximum atomic E-state index is 13.1. The van der Waals surface area contributed by atoms with Crippen LogP contribution in [0.5, 0.6) is 0 Å². The molecule has 184 valence electrons. The van der Waals surface area contributed by atoms with Gasteiger partial charge in [0.2, 0.25) is 0 Å². The average molecular weight is 508 g/mol. The fourth-order valence-corrected chi connectivity index (χ4v) is 3.81. The molecule has 4 rings (SSSR count). The number of carbonyl (C=O) groups excluding carboxylic acids is 1. The summed E-state index contributed by atoms with van der Waals surface area (Å²) in [6.07, 6.45) is -0.954. The van der Waals surface area contributed by atoms with E-state index in [0.717, 1.165) is 6.07 Å². The first-order valence-electron chi connectivity index (χ1n) is 10.6. The monoisotopic (exact) mass is 507 g/mol. The molecule has 0 aromatic carbocycles. The number of pyridine rings is 3. The zero-order valence-electron chi connectivity index (χ0n) is 18.7. The van der Waals surface area contributed by atoms with Gasteiger partial charge in [-0.2, -0.15) is 13.2 Å². The predicted molar refractivity (Wildman–Crippen MR) is 122 cm³/mol. The number of nitrogens with one attached hydrogen (secondary N) is 2. The Morgan fingerprint density at radius 2 is 1.80 bits per heavy atom. The van der Waals surface area contributed by atoms with Crippen molar-refractivity contribution in [3.63, 3.8) is 0 Å². The number of hydrogen-bond acceptors (Lipinski definition) is 7. The van der Waals surface area contributed by atoms with E-state index >= 15 is 0 Å². The van der Waals surface area contributed by atoms with Crippen LogP contribution in [-0.2, 0) is 21.4 Å². The quantitative estimate of drug-likeness (QED) is 0.431. The summed E-state index contributed by atoms with van der Waals surface area (Å²) < 4.78 is 50.1. The molecule has 1 aliphatic heterocycles. The standard InChI is InChI=1S/C23H21ClF3N5O3/c1-13(2)22(34-7-8-35-22)16-10-18(24)29-12-17(16)31-21(33)14-5-6-28-20(9-14)32-19-4-3-15(11-30-19)23(25,26)27/h3-6,9-13H,7-8H2,1-2H3,(H,31,33)(H,28,30,32). The Morgan fingerprint density at radius 1 is 1.06 bits per heavy atom. The summed E-state index contributed by atoms with van der Waals surface area (Å²) in [4.78, 5) is 25.0. The van der Waals surface area contributed by atoms with Crippen molar-refractivity contribution in [2.24, 2.45) is 5.92 Å². The highest BCUT2D eigenvalue weighted by molar-refractivity contribution is 6.29. The maximum absolute atomic E-state index is 13.1. The van der Waals surface area contributed by atoms with Crippen molar-refractivity contribution in [2.75, 3.05) is 23.8 Å². The summed E-state index contributed by atoms with van der Waals surface area (Å²) in [7, 11) is 0. The Kier molecular flexibility index (Phi) is 6.93. The lowest BCUT2D eigenvalue weighted by Crippen LogP contribution is -2.34. The van der Waals surface area contributed by atoms with Gasteiger partial charge in [0, 0.05) is 29.4 Å². The first-order valence-corrected chi connectivity index (χ1v) is 11.0. The van der Waals surface area contributed by atoms with Gasteiger partial charge in [-0.25, -0.2) is 15.0 Å². The van der Waals surface area contributed by atoms with Gasteiger partial charge in [-0.1, -0.05) is 25.4 Å². The Morgan fingerprint density at radius 3 is 2.43 bits per heavy atom. The van der Waals surface area contributed by atoms with Crippen molar-refractivity contribution < 1.29 is 27.4 Å². The molecule has 0 aliphatic carbocycles. The Hall–Kier alpha value is -3.28. The van der Waals surface area contributed by atoms with Gasteiger partial charge in [0.1, 0.15) is 16.8 Å². The summed E-state index contributed by atoms with van der Waals surface area (Å²) in [5.74, 6) is -1.29. The highest BCUT2D eigenvalue weighted by atomic mass is 35.5. The van der Waals surface area contributed by atoms with Crippen molar-refractivity contribution in [2.45, 2.75) is 25.8 Å². The van der Waals surface area contributed by atoms with E-state index in [1.54, 1.807) is 6.07 Å². The number of hydrogen-bond donors (Lipinski definition) is 2. The molecule has 3 aromatic heterocycles. The van der Waals surface area contributed by atoms with Crippen LogP contribution in [0, 0.1) is 5.92 Å². The number of alkyl halides is 3. The minimum Gasteiger partial charge on any atom is -0.343 e. The third-order valence-corrected chi connectivity index (χ3v) is 5.55. The number of carbonyl (C=O) groups is 1. The van der Waals surface area contributed by atoms with Gasteiger partial charge in [-0.05, 0) is 30.3 Å². The molecule has 12 heteroatoms. The second-order valence-corrected chi connectivity index (χ2v) is 8.40. The lowest BCUT2D eigenvalue weighted by atomic mass is 9.93. The second kappa shape index (κ2) is 9.76. The van der Waals surface area contributed by atoms with Gasteiger partial charge in [-0.15, -0.1) is 0 Å². The van der Waals surface area contributed by atoms with Crippen LogP contribution >= 0.6 is 11.6 Å². The molecule has 0 radical (unpaired) electrons. The van der Waals surface area contributed by atoms with E-state index in [0.29, 0.717) is 30.7 Å². The molecule has 0 bridgehead atoms. The van der Waals surface area contributed by atoms with Crippen LogP contribution < -0.4 is 10.6 Å². The highest BCUT2D eigenvalue weighted by Crippen LogP contribution is 2.42. The lowest BCUT2D eigenvalue weighted by molar-refractivity contribution is -0.196. The van der Waals surface area contributed by atoms with Crippen molar-refractivity contribution in [3.05, 3.63) is 70.8 Å². The fraction of sp³-hybridized carbons (Fsp3) is 0.304. The molecule has 0 atom stereocenters. The Balaban J connectivity index is 1.55. The number of halogens is 4. The van der Waals surface area contributed by atoms with E-state index in [1.807, 2.05) is 13.8 Å². The lowest BCUT2D eigenvalue weighted by Gasteiger charge is -2.33. The summed E-state index contributed by atoms with van der Waals surface area (Å²) in [5.41, 5.74) is 0.276. The Labute approximate surface area is 203 Å². The van der Waals surface area contributed by atoms with Crippen LogP contribution in [0.15, 0.2) is 48.9 Å². The van der Waals surface area contributed by atoms with E-state index in [4.69, 9.17) is 21.1 Å². The number of aromatic nitrogens is 3. The normalized spacial score (nSPS) is 15.3. The molecule has 1 saturated heterocycles. The van der Waals surface area contributed by atoms with Gasteiger partial charge >= 0.3 is 6.18 Å². The molecule has 1 aliphatic rings. The van der Waals surface area contributed by atoms with Crippen molar-refractivity contribution in [1.82, 2.24) is 15.0 Å². The van der Waals surface area contributed by atoms with Crippen LogP contribution in [0.1, 0.15) is 35.3 Å². The molecule has 8 nitrogen and oxygen atoms in total. The van der Waals surface area contributed by atoms with Gasteiger partial charge < -0.3 is 20.1 Å². The van der Waals surface area contributed by atoms with Crippen molar-refractivity contribution in [3.8, 4) is 0 Å². The van der Waals surface area contributed by atoms with Crippen LogP contribution in [0.3, 0.4) is 0 Å². The van der Waals surface area contributed by atoms with Crippen molar-refractivity contribution in [1.29, 1.82) is 0 Å². The van der Waals surface area contributed by atoms with E-state index in [2.05, 4.69) is 25.6 Å². The Bertz CT molecular complexity index is 1220. The molecule has 0 unspecified atom stereocenters. The third kappa shape index (κ3) is 5.37. The number of anilines is 3. The van der Waals surface area contributed by atoms with Crippen LogP contribution in [0.2, 0.25) is 5.15 Å². The molecule has 0 spiro atoms. The molecular formula is C23H21ClF3N5O3. The minimum atomic E-state index is -4.49. The van der Waals surface area contributed by atoms with E-state index in [1.165, 1.54) is 30.6 Å². The zero-order valence-corrected chi connectivity index (χ0v) is 19.4. The minimum absolute atomic E-state index is 0.0907. The molecule has 3 aromatic rings. The third-order valence-electron chi connectivity index (χ3n) is 5.34. The van der Waals surface area contributed by atoms with Gasteiger partial charge in [0.05, 0.1) is 30.7 Å². The molecule has 35 heavy (non-hydrogen) atoms. The predicted octanol–water partition coefficient (Wildman–Crippen LogP) is 5.40. The average Bonchev–Trinajstić information content (AvgIpc) is 3.31. The van der Waals surface area contributed by atoms with Crippen molar-refractivity contribution >= 4 is 34.8 Å². The molecule has 1 fully saturated rings. The molecule has 1 amide bonds. The van der Waals surface area contributed by atoms with Gasteiger partial charge in [-0.3, -0.25) is 4.79 Å². The number of nitrogens with zero attached hydrogens (tertiary/aromatic N) is 3. The van der Waals surface area contributed by atoms with Gasteiger partial charge in [0.25, 0.3) is 5.91 Å². The van der Waals surface area contributed by atoms with Crippen LogP contribution in [-0.4, -0.2) is 34.1 Å². The number of rotatable bonds is 6. The van der Waals surface area contributed by atoms with Gasteiger partial charge in [0.15, 0.2) is 5.79 Å². The first-order chi connectivity index (χ1) is 16.6. The zero-order chi connectivity index (χ0) is 25.2. The first kappa shape index (κ1) is 24.8. The molecule has 0 saturated carbocycles. The van der Waals surface area contributed by atoms with E-state index < -0.39 is 23.4 Å². The van der Waals surface area contributed by atoms with E-state index in [9.17, 15) is 18.0 Å². The largest absolute Gasteiger partial charge is 0.417 e. The van der Waals surface area contributed by atoms with Crippen LogP contribution in [0.25, 0.3) is 0 Å². The SMILES string of the molecule is CC(C)C1(c2cc(Cl)ncc2NC(=O)c2ccnc(Nc3ccc(C(F)(F)F)cn3)c2)OCCO1. The molecule has 2 N–H and O–H groups in total. The highest BCUT2D eigenvalue weighted by Gasteiger charge is 2.44. The maximum Gasteiger partial charge on any atom is 0.417 e. The topological polar surface area (TPSA) is 98.3 Å². The summed E-state index contributed by atoms with van der Waals surface area (Å²) in [6.45, 7) is 4.65. The van der Waals surface area contributed by atoms with E-state index in [-0.39, 0.29) is 28.3 Å². The van der Waals surface area contributed by atoms with Crippen LogP contribution in [0.4, 0.5) is 30.5 Å². The smallest absolute Gasteiger partial charge is 0.343 e.